The molecule has 0 bridgehead atoms. The van der Waals surface area contributed by atoms with E-state index in [4.69, 9.17) is 0 Å². The third kappa shape index (κ3) is 3.64. The fraction of sp³-hybridized carbons (Fsp3) is 0. The average Bonchev–Trinajstić information content (AvgIpc) is 3.99. The Labute approximate surface area is 316 Å². The predicted octanol–water partition coefficient (Wildman–Crippen LogP) is 14.9. The Hall–Kier alpha value is -6.46. The van der Waals surface area contributed by atoms with E-state index in [9.17, 15) is 0 Å². The summed E-state index contributed by atoms with van der Waals surface area (Å²) in [6.07, 6.45) is 0. The van der Waals surface area contributed by atoms with Crippen LogP contribution in [0.15, 0.2) is 170 Å². The highest BCUT2D eigenvalue weighted by molar-refractivity contribution is 7.27. The number of aromatic nitrogens is 2. The lowest BCUT2D eigenvalue weighted by atomic mass is 9.99. The van der Waals surface area contributed by atoms with E-state index in [1.807, 2.05) is 22.7 Å². The highest BCUT2D eigenvalue weighted by Crippen LogP contribution is 2.50. The second-order valence-corrected chi connectivity index (χ2v) is 16.5. The molecule has 13 rings (SSSR count). The molecule has 4 heteroatoms. The zero-order valence-electron chi connectivity index (χ0n) is 28.9. The summed E-state index contributed by atoms with van der Waals surface area (Å²) >= 11 is 3.83. The molecule has 54 heavy (non-hydrogen) atoms. The normalized spacial score (nSPS) is 12.4. The maximum atomic E-state index is 2.54. The highest BCUT2D eigenvalue weighted by Gasteiger charge is 2.24. The topological polar surface area (TPSA) is 9.86 Å². The van der Waals surface area contributed by atoms with Crippen LogP contribution in [-0.2, 0) is 0 Å². The van der Waals surface area contributed by atoms with Crippen LogP contribution in [0, 0.1) is 0 Å². The van der Waals surface area contributed by atoms with Gasteiger partial charge in [-0.05, 0) is 64.0 Å². The van der Waals surface area contributed by atoms with Crippen LogP contribution in [0.5, 0.6) is 0 Å². The van der Waals surface area contributed by atoms with Crippen molar-refractivity contribution in [2.75, 3.05) is 0 Å². The molecule has 4 aromatic heterocycles. The second-order valence-electron chi connectivity index (χ2n) is 14.4. The van der Waals surface area contributed by atoms with Crippen molar-refractivity contribution < 1.29 is 0 Å². The minimum Gasteiger partial charge on any atom is -0.308 e. The first kappa shape index (κ1) is 29.0. The second kappa shape index (κ2) is 10.6. The number of nitrogens with zero attached hydrogens (tertiary/aromatic N) is 2. The third-order valence-corrected chi connectivity index (χ3v) is 14.0. The summed E-state index contributed by atoms with van der Waals surface area (Å²) in [6, 6.07) is 63.0. The van der Waals surface area contributed by atoms with Crippen molar-refractivity contribution in [3.05, 3.63) is 170 Å². The maximum Gasteiger partial charge on any atom is 0.0726 e. The maximum absolute atomic E-state index is 2.54. The molecule has 0 spiro atoms. The van der Waals surface area contributed by atoms with Gasteiger partial charge in [0.25, 0.3) is 0 Å². The molecule has 2 nitrogen and oxygen atoms in total. The molecule has 0 aliphatic carbocycles. The predicted molar refractivity (Wildman–Crippen MR) is 236 cm³/mol. The lowest BCUT2D eigenvalue weighted by Gasteiger charge is -2.14. The number of hydrogen-bond donors (Lipinski definition) is 0. The van der Waals surface area contributed by atoms with E-state index in [1.165, 1.54) is 106 Å². The van der Waals surface area contributed by atoms with Crippen molar-refractivity contribution in [1.29, 1.82) is 0 Å². The van der Waals surface area contributed by atoms with Crippen molar-refractivity contribution in [2.45, 2.75) is 0 Å². The number of thiophene rings is 2. The number of para-hydroxylation sites is 2. The minimum absolute atomic E-state index is 1.16. The lowest BCUT2D eigenvalue weighted by Crippen LogP contribution is -1.99. The molecule has 4 heterocycles. The monoisotopic (exact) mass is 720 g/mol. The zero-order chi connectivity index (χ0) is 35.1. The first-order valence-electron chi connectivity index (χ1n) is 18.4. The number of fused-ring (bicyclic) bond motifs is 20. The van der Waals surface area contributed by atoms with Crippen molar-refractivity contribution in [1.82, 2.24) is 9.13 Å². The van der Waals surface area contributed by atoms with E-state index in [0.717, 1.165) is 11.4 Å². The minimum atomic E-state index is 1.16. The molecule has 0 saturated heterocycles. The van der Waals surface area contributed by atoms with Crippen LogP contribution >= 0.6 is 22.7 Å². The molecule has 0 saturated carbocycles. The average molecular weight is 721 g/mol. The molecule has 9 aromatic carbocycles. The van der Waals surface area contributed by atoms with E-state index in [-0.39, 0.29) is 0 Å². The van der Waals surface area contributed by atoms with Crippen LogP contribution in [0.1, 0.15) is 0 Å². The molecule has 0 atom stereocenters. The van der Waals surface area contributed by atoms with Gasteiger partial charge in [0.1, 0.15) is 0 Å². The van der Waals surface area contributed by atoms with Crippen LogP contribution in [-0.4, -0.2) is 9.13 Å². The van der Waals surface area contributed by atoms with Gasteiger partial charge in [-0.2, -0.15) is 0 Å². The largest absolute Gasteiger partial charge is 0.308 e. The van der Waals surface area contributed by atoms with Crippen LogP contribution in [0.4, 0.5) is 0 Å². The Bertz CT molecular complexity index is 3500. The Balaban J connectivity index is 1.20. The molecular formula is C50H28N2S2. The lowest BCUT2D eigenvalue weighted by molar-refractivity contribution is 1.14. The Kier molecular flexibility index (Phi) is 5.69. The molecule has 0 fully saturated rings. The van der Waals surface area contributed by atoms with Crippen LogP contribution in [0.2, 0.25) is 0 Å². The van der Waals surface area contributed by atoms with Gasteiger partial charge < -0.3 is 9.13 Å². The van der Waals surface area contributed by atoms with Crippen LogP contribution in [0.25, 0.3) is 117 Å². The zero-order valence-corrected chi connectivity index (χ0v) is 30.5. The molecule has 0 N–H and O–H groups in total. The van der Waals surface area contributed by atoms with Crippen molar-refractivity contribution in [3.8, 4) is 11.4 Å². The van der Waals surface area contributed by atoms with Gasteiger partial charge >= 0.3 is 0 Å². The van der Waals surface area contributed by atoms with E-state index in [2.05, 4.69) is 179 Å². The standard InChI is InChI=1S/C50H28N2S2/c1-3-18-33-31(16-1)43-35-20-5-9-24-39(35)51(47(43)49-45(33)37-22-7-11-26-41(37)53-49)29-14-13-15-30(28-29)52-40-25-10-6-21-36(40)44-32-17-2-4-19-34(32)46-38-23-8-12-27-42(38)54-50(46)48(44)52/h1-28H. The molecule has 13 aromatic rings. The van der Waals surface area contributed by atoms with Gasteiger partial charge in [0.05, 0.1) is 31.5 Å². The van der Waals surface area contributed by atoms with Crippen molar-refractivity contribution in [2.24, 2.45) is 0 Å². The fourth-order valence-corrected chi connectivity index (χ4v) is 12.1. The number of hydrogen-bond acceptors (Lipinski definition) is 2. The van der Waals surface area contributed by atoms with Gasteiger partial charge in [-0.25, -0.2) is 0 Å². The first-order chi connectivity index (χ1) is 26.8. The highest BCUT2D eigenvalue weighted by atomic mass is 32.1. The Morgan fingerprint density at radius 1 is 0.296 bits per heavy atom. The quantitative estimate of drug-likeness (QED) is 0.168. The summed E-state index contributed by atoms with van der Waals surface area (Å²) in [5.74, 6) is 0. The molecule has 0 aliphatic heterocycles. The van der Waals surface area contributed by atoms with Crippen molar-refractivity contribution >= 4 is 128 Å². The molecule has 250 valence electrons. The third-order valence-electron chi connectivity index (χ3n) is 11.6. The smallest absolute Gasteiger partial charge is 0.0726 e. The van der Waals surface area contributed by atoms with Gasteiger partial charge in [-0.15, -0.1) is 22.7 Å². The van der Waals surface area contributed by atoms with Crippen molar-refractivity contribution in [3.63, 3.8) is 0 Å². The molecule has 0 unspecified atom stereocenters. The summed E-state index contributed by atoms with van der Waals surface area (Å²) in [5, 5.41) is 15.8. The Morgan fingerprint density at radius 3 is 1.09 bits per heavy atom. The molecule has 0 aliphatic rings. The molecular weight excluding hydrogens is 693 g/mol. The van der Waals surface area contributed by atoms with Gasteiger partial charge in [0.2, 0.25) is 0 Å². The van der Waals surface area contributed by atoms with Gasteiger partial charge in [-0.3, -0.25) is 0 Å². The summed E-state index contributed by atoms with van der Waals surface area (Å²) in [7, 11) is 0. The van der Waals surface area contributed by atoms with E-state index in [0.29, 0.717) is 0 Å². The van der Waals surface area contributed by atoms with Gasteiger partial charge in [0, 0.05) is 63.9 Å². The number of benzene rings is 9. The van der Waals surface area contributed by atoms with E-state index < -0.39 is 0 Å². The summed E-state index contributed by atoms with van der Waals surface area (Å²) in [4.78, 5) is 0. The SMILES string of the molecule is c1cc(-n2c3ccccc3c3c4ccccc4c4c5ccccc5sc4c32)cc(-n2c3ccccc3c3c4ccccc4c4c5ccccc5sc4c32)c1. The number of rotatable bonds is 2. The fourth-order valence-electron chi connectivity index (χ4n) is 9.56. The molecule has 0 amide bonds. The summed E-state index contributed by atoms with van der Waals surface area (Å²) < 4.78 is 10.4. The van der Waals surface area contributed by atoms with E-state index in [1.54, 1.807) is 0 Å². The first-order valence-corrected chi connectivity index (χ1v) is 20.1. The van der Waals surface area contributed by atoms with Crippen LogP contribution in [0.3, 0.4) is 0 Å². The Morgan fingerprint density at radius 2 is 0.648 bits per heavy atom. The van der Waals surface area contributed by atoms with E-state index >= 15 is 0 Å². The van der Waals surface area contributed by atoms with Gasteiger partial charge in [0.15, 0.2) is 0 Å². The summed E-state index contributed by atoms with van der Waals surface area (Å²) in [5.41, 5.74) is 7.32. The summed E-state index contributed by atoms with van der Waals surface area (Å²) in [6.45, 7) is 0. The van der Waals surface area contributed by atoms with Gasteiger partial charge in [-0.1, -0.05) is 127 Å². The van der Waals surface area contributed by atoms with Crippen LogP contribution < -0.4 is 0 Å². The molecule has 0 radical (unpaired) electrons.